The minimum Gasteiger partial charge on any atom is -0.341 e. The van der Waals surface area contributed by atoms with Crippen molar-refractivity contribution >= 4 is 28.5 Å². The molecule has 16 heavy (non-hydrogen) atoms. The van der Waals surface area contributed by atoms with Gasteiger partial charge in [-0.1, -0.05) is 0 Å². The van der Waals surface area contributed by atoms with Crippen LogP contribution in [-0.4, -0.2) is 48.1 Å². The van der Waals surface area contributed by atoms with Crippen molar-refractivity contribution in [3.05, 3.63) is 16.0 Å². The molecule has 0 saturated carbocycles. The zero-order valence-corrected chi connectivity index (χ0v) is 11.9. The summed E-state index contributed by atoms with van der Waals surface area (Å²) in [5.74, 6) is 0.843. The van der Waals surface area contributed by atoms with E-state index in [0.29, 0.717) is 6.04 Å². The third kappa shape index (κ3) is 2.82. The third-order valence-electron chi connectivity index (χ3n) is 3.16. The Kier molecular flexibility index (Phi) is 3.96. The van der Waals surface area contributed by atoms with Gasteiger partial charge in [0.1, 0.15) is 0 Å². The van der Waals surface area contributed by atoms with Crippen molar-refractivity contribution in [1.82, 2.24) is 14.9 Å². The summed E-state index contributed by atoms with van der Waals surface area (Å²) in [4.78, 5) is 13.3. The molecule has 2 heterocycles. The largest absolute Gasteiger partial charge is 0.341 e. The van der Waals surface area contributed by atoms with E-state index in [-0.39, 0.29) is 0 Å². The van der Waals surface area contributed by atoms with Gasteiger partial charge in [0.05, 0.1) is 0 Å². The number of nitrogens with zero attached hydrogens (tertiary/aromatic N) is 4. The lowest BCUT2D eigenvalue weighted by molar-refractivity contribution is 0.252. The van der Waals surface area contributed by atoms with Crippen LogP contribution in [0.2, 0.25) is 0 Å². The van der Waals surface area contributed by atoms with Crippen LogP contribution in [0, 0.1) is 3.57 Å². The van der Waals surface area contributed by atoms with Gasteiger partial charge in [-0.3, -0.25) is 0 Å². The normalized spacial score (nSPS) is 18.7. The molecule has 1 aromatic rings. The molecule has 0 radical (unpaired) electrons. The number of hydrogen-bond acceptors (Lipinski definition) is 4. The van der Waals surface area contributed by atoms with Gasteiger partial charge in [-0.25, -0.2) is 9.97 Å². The SMILES string of the molecule is CN1CCC(N(C)c2ncc(I)cn2)CC1. The first-order chi connectivity index (χ1) is 7.66. The monoisotopic (exact) mass is 332 g/mol. The van der Waals surface area contributed by atoms with Crippen LogP contribution in [0.15, 0.2) is 12.4 Å². The molecule has 0 bridgehead atoms. The van der Waals surface area contributed by atoms with Crippen molar-refractivity contribution in [3.63, 3.8) is 0 Å². The second-order valence-corrected chi connectivity index (χ2v) is 5.59. The van der Waals surface area contributed by atoms with Gasteiger partial charge in [-0.05, 0) is 55.6 Å². The molecule has 0 amide bonds. The van der Waals surface area contributed by atoms with Crippen molar-refractivity contribution in [2.45, 2.75) is 18.9 Å². The first-order valence-corrected chi connectivity index (χ1v) is 6.63. The highest BCUT2D eigenvalue weighted by Gasteiger charge is 2.21. The van der Waals surface area contributed by atoms with Gasteiger partial charge in [0.2, 0.25) is 5.95 Å². The summed E-state index contributed by atoms with van der Waals surface area (Å²) in [6.07, 6.45) is 6.13. The van der Waals surface area contributed by atoms with Gasteiger partial charge in [-0.15, -0.1) is 0 Å². The van der Waals surface area contributed by atoms with Crippen LogP contribution in [0.3, 0.4) is 0 Å². The Labute approximate surface area is 110 Å². The van der Waals surface area contributed by atoms with Crippen molar-refractivity contribution in [3.8, 4) is 0 Å². The zero-order valence-electron chi connectivity index (χ0n) is 9.73. The second-order valence-electron chi connectivity index (χ2n) is 4.35. The Morgan fingerprint density at radius 3 is 2.44 bits per heavy atom. The van der Waals surface area contributed by atoms with Crippen LogP contribution in [0.25, 0.3) is 0 Å². The second kappa shape index (κ2) is 5.27. The molecule has 0 aliphatic carbocycles. The number of piperidine rings is 1. The van der Waals surface area contributed by atoms with Crippen LogP contribution in [0.5, 0.6) is 0 Å². The van der Waals surface area contributed by atoms with Gasteiger partial charge in [0.15, 0.2) is 0 Å². The van der Waals surface area contributed by atoms with E-state index in [4.69, 9.17) is 0 Å². The van der Waals surface area contributed by atoms with E-state index in [1.165, 1.54) is 25.9 Å². The van der Waals surface area contributed by atoms with E-state index >= 15 is 0 Å². The van der Waals surface area contributed by atoms with Crippen molar-refractivity contribution in [1.29, 1.82) is 0 Å². The van der Waals surface area contributed by atoms with Crippen LogP contribution in [0.4, 0.5) is 5.95 Å². The summed E-state index contributed by atoms with van der Waals surface area (Å²) >= 11 is 2.23. The fourth-order valence-corrected chi connectivity index (χ4v) is 2.31. The Hall–Kier alpha value is -0.430. The average molecular weight is 332 g/mol. The molecule has 88 valence electrons. The lowest BCUT2D eigenvalue weighted by Crippen LogP contribution is -2.42. The standard InChI is InChI=1S/C11H17IN4/c1-15-5-3-10(4-6-15)16(2)11-13-7-9(12)8-14-11/h7-8,10H,3-6H2,1-2H3. The van der Waals surface area contributed by atoms with Gasteiger partial charge in [-0.2, -0.15) is 0 Å². The zero-order chi connectivity index (χ0) is 11.5. The van der Waals surface area contributed by atoms with Crippen LogP contribution >= 0.6 is 22.6 Å². The molecule has 5 heteroatoms. The predicted molar refractivity (Wildman–Crippen MR) is 73.7 cm³/mol. The van der Waals surface area contributed by atoms with E-state index in [1.54, 1.807) is 0 Å². The molecule has 1 aromatic heterocycles. The molecule has 2 rings (SSSR count). The summed E-state index contributed by atoms with van der Waals surface area (Å²) in [7, 11) is 4.27. The van der Waals surface area contributed by atoms with Gasteiger partial charge in [0, 0.05) is 29.1 Å². The van der Waals surface area contributed by atoms with Crippen LogP contribution < -0.4 is 4.90 Å². The summed E-state index contributed by atoms with van der Waals surface area (Å²) < 4.78 is 1.08. The van der Waals surface area contributed by atoms with Crippen molar-refractivity contribution in [2.75, 3.05) is 32.1 Å². The predicted octanol–water partition coefficient (Wildman–Crippen LogP) is 1.61. The maximum Gasteiger partial charge on any atom is 0.225 e. The van der Waals surface area contributed by atoms with E-state index in [0.717, 1.165) is 9.52 Å². The number of likely N-dealkylation sites (tertiary alicyclic amines) is 1. The molecule has 1 saturated heterocycles. The lowest BCUT2D eigenvalue weighted by Gasteiger charge is -2.35. The summed E-state index contributed by atoms with van der Waals surface area (Å²) in [6, 6.07) is 0.580. The Morgan fingerprint density at radius 2 is 1.88 bits per heavy atom. The van der Waals surface area contributed by atoms with E-state index < -0.39 is 0 Å². The highest BCUT2D eigenvalue weighted by atomic mass is 127. The third-order valence-corrected chi connectivity index (χ3v) is 3.72. The molecule has 0 unspecified atom stereocenters. The van der Waals surface area contributed by atoms with Gasteiger partial charge >= 0.3 is 0 Å². The molecule has 0 spiro atoms. The fraction of sp³-hybridized carbons (Fsp3) is 0.636. The van der Waals surface area contributed by atoms with Crippen molar-refractivity contribution < 1.29 is 0 Å². The first-order valence-electron chi connectivity index (χ1n) is 5.56. The topological polar surface area (TPSA) is 32.3 Å². The molecule has 0 N–H and O–H groups in total. The Bertz CT molecular complexity index is 332. The Balaban J connectivity index is 2.01. The number of hydrogen-bond donors (Lipinski definition) is 0. The molecule has 0 aromatic carbocycles. The molecule has 4 nitrogen and oxygen atoms in total. The Morgan fingerprint density at radius 1 is 1.31 bits per heavy atom. The van der Waals surface area contributed by atoms with Crippen LogP contribution in [0.1, 0.15) is 12.8 Å². The smallest absolute Gasteiger partial charge is 0.225 e. The minimum absolute atomic E-state index is 0.580. The number of rotatable bonds is 2. The molecule has 0 atom stereocenters. The molecule has 1 fully saturated rings. The fourth-order valence-electron chi connectivity index (χ4n) is 2.03. The number of anilines is 1. The highest BCUT2D eigenvalue weighted by Crippen LogP contribution is 2.18. The maximum absolute atomic E-state index is 4.37. The van der Waals surface area contributed by atoms with Crippen LogP contribution in [-0.2, 0) is 0 Å². The molecular weight excluding hydrogens is 315 g/mol. The summed E-state index contributed by atoms with van der Waals surface area (Å²) in [5.41, 5.74) is 0. The molecule has 1 aliphatic rings. The average Bonchev–Trinajstić information content (AvgIpc) is 2.30. The number of halogens is 1. The maximum atomic E-state index is 4.37. The quantitative estimate of drug-likeness (QED) is 0.771. The summed E-state index contributed by atoms with van der Waals surface area (Å²) in [6.45, 7) is 2.33. The van der Waals surface area contributed by atoms with E-state index in [9.17, 15) is 0 Å². The molecular formula is C11H17IN4. The van der Waals surface area contributed by atoms with Gasteiger partial charge in [0.25, 0.3) is 0 Å². The van der Waals surface area contributed by atoms with Crippen molar-refractivity contribution in [2.24, 2.45) is 0 Å². The first kappa shape index (κ1) is 12.0. The molecule has 1 aliphatic heterocycles. The lowest BCUT2D eigenvalue weighted by atomic mass is 10.0. The highest BCUT2D eigenvalue weighted by molar-refractivity contribution is 14.1. The number of aromatic nitrogens is 2. The van der Waals surface area contributed by atoms with E-state index in [2.05, 4.69) is 56.5 Å². The van der Waals surface area contributed by atoms with Gasteiger partial charge < -0.3 is 9.80 Å². The summed E-state index contributed by atoms with van der Waals surface area (Å²) in [5, 5.41) is 0. The van der Waals surface area contributed by atoms with E-state index in [1.807, 2.05) is 12.4 Å². The minimum atomic E-state index is 0.580.